The Morgan fingerprint density at radius 2 is 2.04 bits per heavy atom. The molecule has 28 heavy (non-hydrogen) atoms. The molecule has 2 aromatic heterocycles. The van der Waals surface area contributed by atoms with E-state index in [0.717, 1.165) is 48.7 Å². The van der Waals surface area contributed by atoms with Crippen molar-refractivity contribution in [2.24, 2.45) is 0 Å². The van der Waals surface area contributed by atoms with Crippen molar-refractivity contribution in [3.63, 3.8) is 0 Å². The van der Waals surface area contributed by atoms with Crippen LogP contribution in [-0.4, -0.2) is 15.5 Å². The Morgan fingerprint density at radius 1 is 1.18 bits per heavy atom. The van der Waals surface area contributed by atoms with Crippen molar-refractivity contribution in [2.75, 3.05) is 0 Å². The number of hydrogen-bond donors (Lipinski definition) is 1. The molecule has 1 atom stereocenters. The van der Waals surface area contributed by atoms with E-state index >= 15 is 0 Å². The van der Waals surface area contributed by atoms with E-state index in [9.17, 15) is 9.59 Å². The van der Waals surface area contributed by atoms with Crippen LogP contribution in [0, 0.1) is 0 Å². The van der Waals surface area contributed by atoms with Crippen LogP contribution in [0.15, 0.2) is 35.4 Å². The van der Waals surface area contributed by atoms with Crippen LogP contribution in [0.1, 0.15) is 53.3 Å². The zero-order valence-corrected chi connectivity index (χ0v) is 16.6. The molecule has 0 aliphatic heterocycles. The molecule has 2 heterocycles. The van der Waals surface area contributed by atoms with Gasteiger partial charge in [0.2, 0.25) is 5.91 Å². The first kappa shape index (κ1) is 17.6. The molecule has 0 saturated carbocycles. The lowest BCUT2D eigenvalue weighted by Crippen LogP contribution is -2.36. The molecule has 3 aromatic rings. The molecule has 1 aromatic carbocycles. The zero-order chi connectivity index (χ0) is 19.1. The van der Waals surface area contributed by atoms with Gasteiger partial charge in [0, 0.05) is 4.88 Å². The summed E-state index contributed by atoms with van der Waals surface area (Å²) in [4.78, 5) is 32.3. The second-order valence-corrected chi connectivity index (χ2v) is 8.86. The molecular weight excluding hydrogens is 370 g/mol. The second kappa shape index (κ2) is 7.17. The molecule has 144 valence electrons. The number of nitrogens with one attached hydrogen (secondary N) is 1. The number of fused-ring (bicyclic) bond motifs is 4. The summed E-state index contributed by atoms with van der Waals surface area (Å²) in [5.74, 6) is -0.131. The van der Waals surface area contributed by atoms with E-state index in [4.69, 9.17) is 0 Å². The van der Waals surface area contributed by atoms with Gasteiger partial charge in [0.1, 0.15) is 11.4 Å². The van der Waals surface area contributed by atoms with Crippen molar-refractivity contribution < 1.29 is 4.79 Å². The topological polar surface area (TPSA) is 64.0 Å². The molecular formula is C22H23N3O2S. The molecule has 2 aliphatic carbocycles. The second-order valence-electron chi connectivity index (χ2n) is 7.78. The minimum absolute atomic E-state index is 0.0189. The summed E-state index contributed by atoms with van der Waals surface area (Å²) in [6, 6.07) is 8.32. The number of rotatable bonds is 3. The quantitative estimate of drug-likeness (QED) is 0.740. The first-order valence-corrected chi connectivity index (χ1v) is 10.9. The van der Waals surface area contributed by atoms with Crippen LogP contribution in [0.25, 0.3) is 10.2 Å². The summed E-state index contributed by atoms with van der Waals surface area (Å²) < 4.78 is 1.47. The van der Waals surface area contributed by atoms with Crippen molar-refractivity contribution in [1.29, 1.82) is 0 Å². The molecule has 0 spiro atoms. The van der Waals surface area contributed by atoms with Gasteiger partial charge < -0.3 is 5.32 Å². The minimum Gasteiger partial charge on any atom is -0.348 e. The standard InChI is InChI=1S/C22H23N3O2S/c26-19(24-17-10-5-7-14-6-1-2-8-15(14)17)12-25-13-23-21-20(22(25)27)16-9-3-4-11-18(16)28-21/h1-2,6,8,13,17H,3-5,7,9-12H2,(H,24,26)/t17-/m1/s1. The molecule has 0 bridgehead atoms. The average Bonchev–Trinajstić information content (AvgIpc) is 3.10. The number of aromatic nitrogens is 2. The highest BCUT2D eigenvalue weighted by Gasteiger charge is 2.23. The maximum Gasteiger partial charge on any atom is 0.262 e. The Hall–Kier alpha value is -2.47. The number of aryl methyl sites for hydroxylation is 3. The summed E-state index contributed by atoms with van der Waals surface area (Å²) in [6.45, 7) is 0.0189. The van der Waals surface area contributed by atoms with Crippen molar-refractivity contribution in [1.82, 2.24) is 14.9 Å². The van der Waals surface area contributed by atoms with Crippen LogP contribution in [-0.2, 0) is 30.6 Å². The maximum atomic E-state index is 13.0. The van der Waals surface area contributed by atoms with E-state index in [1.54, 1.807) is 11.3 Å². The fourth-order valence-electron chi connectivity index (χ4n) is 4.59. The summed E-state index contributed by atoms with van der Waals surface area (Å²) >= 11 is 1.64. The van der Waals surface area contributed by atoms with E-state index in [1.165, 1.54) is 38.9 Å². The monoisotopic (exact) mass is 393 g/mol. The Kier molecular flexibility index (Phi) is 4.51. The van der Waals surface area contributed by atoms with Gasteiger partial charge >= 0.3 is 0 Å². The van der Waals surface area contributed by atoms with E-state index < -0.39 is 0 Å². The first-order chi connectivity index (χ1) is 13.7. The largest absolute Gasteiger partial charge is 0.348 e. The normalized spacial score (nSPS) is 18.5. The SMILES string of the molecule is O=C(Cn1cnc2sc3c(c2c1=O)CCCC3)N[C@@H]1CCCc2ccccc21. The molecule has 1 N–H and O–H groups in total. The number of amides is 1. The number of hydrogen-bond acceptors (Lipinski definition) is 4. The number of nitrogens with zero attached hydrogens (tertiary/aromatic N) is 2. The Bertz CT molecular complexity index is 1110. The maximum absolute atomic E-state index is 13.0. The van der Waals surface area contributed by atoms with Gasteiger partial charge in [0.05, 0.1) is 17.8 Å². The number of benzene rings is 1. The lowest BCUT2D eigenvalue weighted by molar-refractivity contribution is -0.122. The molecule has 5 rings (SSSR count). The third kappa shape index (κ3) is 3.05. The lowest BCUT2D eigenvalue weighted by Gasteiger charge is -2.26. The van der Waals surface area contributed by atoms with Gasteiger partial charge in [-0.2, -0.15) is 0 Å². The Balaban J connectivity index is 1.39. The number of thiophene rings is 1. The van der Waals surface area contributed by atoms with Crippen LogP contribution >= 0.6 is 11.3 Å². The molecule has 0 fully saturated rings. The molecule has 0 radical (unpaired) electrons. The first-order valence-electron chi connectivity index (χ1n) is 10.1. The van der Waals surface area contributed by atoms with E-state index in [0.29, 0.717) is 0 Å². The molecule has 0 unspecified atom stereocenters. The van der Waals surface area contributed by atoms with Crippen LogP contribution in [0.2, 0.25) is 0 Å². The fourth-order valence-corrected chi connectivity index (χ4v) is 5.81. The van der Waals surface area contributed by atoms with Gasteiger partial charge in [0.25, 0.3) is 5.56 Å². The predicted molar refractivity (Wildman–Crippen MR) is 111 cm³/mol. The van der Waals surface area contributed by atoms with Crippen LogP contribution < -0.4 is 10.9 Å². The smallest absolute Gasteiger partial charge is 0.262 e. The van der Waals surface area contributed by atoms with Crippen molar-refractivity contribution in [3.05, 3.63) is 62.5 Å². The summed E-state index contributed by atoms with van der Waals surface area (Å²) in [5.41, 5.74) is 3.60. The van der Waals surface area contributed by atoms with Crippen LogP contribution in [0.5, 0.6) is 0 Å². The van der Waals surface area contributed by atoms with Gasteiger partial charge in [-0.25, -0.2) is 4.98 Å². The molecule has 0 saturated heterocycles. The van der Waals surface area contributed by atoms with Crippen molar-refractivity contribution in [2.45, 2.75) is 57.5 Å². The zero-order valence-electron chi connectivity index (χ0n) is 15.7. The number of carbonyl (C=O) groups excluding carboxylic acids is 1. The molecule has 1 amide bonds. The van der Waals surface area contributed by atoms with Gasteiger partial charge in [-0.05, 0) is 61.6 Å². The minimum atomic E-state index is -0.131. The van der Waals surface area contributed by atoms with Crippen LogP contribution in [0.3, 0.4) is 0 Å². The third-order valence-electron chi connectivity index (χ3n) is 5.96. The van der Waals surface area contributed by atoms with E-state index in [1.807, 2.05) is 12.1 Å². The highest BCUT2D eigenvalue weighted by atomic mass is 32.1. The summed E-state index contributed by atoms with van der Waals surface area (Å²) in [6.07, 6.45) is 8.88. The third-order valence-corrected chi connectivity index (χ3v) is 7.16. The average molecular weight is 394 g/mol. The van der Waals surface area contributed by atoms with Gasteiger partial charge in [-0.3, -0.25) is 14.2 Å². The summed E-state index contributed by atoms with van der Waals surface area (Å²) in [5, 5.41) is 3.87. The Labute approximate surface area is 167 Å². The van der Waals surface area contributed by atoms with Crippen LogP contribution in [0.4, 0.5) is 0 Å². The molecule has 5 nitrogen and oxygen atoms in total. The predicted octanol–water partition coefficient (Wildman–Crippen LogP) is 3.53. The molecule has 6 heteroatoms. The van der Waals surface area contributed by atoms with Gasteiger partial charge in [0.15, 0.2) is 0 Å². The Morgan fingerprint density at radius 3 is 2.96 bits per heavy atom. The highest BCUT2D eigenvalue weighted by molar-refractivity contribution is 7.18. The molecule has 2 aliphatic rings. The van der Waals surface area contributed by atoms with E-state index in [2.05, 4.69) is 22.4 Å². The van der Waals surface area contributed by atoms with Crippen molar-refractivity contribution in [3.8, 4) is 0 Å². The fraction of sp³-hybridized carbons (Fsp3) is 0.409. The van der Waals surface area contributed by atoms with Gasteiger partial charge in [-0.1, -0.05) is 24.3 Å². The van der Waals surface area contributed by atoms with E-state index in [-0.39, 0.29) is 24.1 Å². The lowest BCUT2D eigenvalue weighted by atomic mass is 9.88. The van der Waals surface area contributed by atoms with Crippen molar-refractivity contribution >= 4 is 27.5 Å². The highest BCUT2D eigenvalue weighted by Crippen LogP contribution is 2.33. The van der Waals surface area contributed by atoms with Gasteiger partial charge in [-0.15, -0.1) is 11.3 Å². The number of carbonyl (C=O) groups is 1. The summed E-state index contributed by atoms with van der Waals surface area (Å²) in [7, 11) is 0.